The molecule has 0 aromatic heterocycles. The summed E-state index contributed by atoms with van der Waals surface area (Å²) in [4.78, 5) is 12.6. The van der Waals surface area contributed by atoms with Gasteiger partial charge in [0.1, 0.15) is 0 Å². The van der Waals surface area contributed by atoms with Crippen molar-refractivity contribution in [2.45, 2.75) is 25.3 Å². The average Bonchev–Trinajstić information content (AvgIpc) is 3.09. The van der Waals surface area contributed by atoms with Crippen LogP contribution in [-0.2, 0) is 17.8 Å². The van der Waals surface area contributed by atoms with Gasteiger partial charge in [0, 0.05) is 6.54 Å². The van der Waals surface area contributed by atoms with Crippen LogP contribution in [0, 0.1) is 0 Å². The van der Waals surface area contributed by atoms with E-state index in [9.17, 15) is 4.79 Å². The van der Waals surface area contributed by atoms with E-state index in [0.717, 1.165) is 24.0 Å². The van der Waals surface area contributed by atoms with Crippen molar-refractivity contribution in [3.63, 3.8) is 0 Å². The Labute approximate surface area is 147 Å². The Kier molecular flexibility index (Phi) is 5.12. The summed E-state index contributed by atoms with van der Waals surface area (Å²) in [7, 11) is 4.73. The molecule has 132 valence electrons. The Bertz CT molecular complexity index is 747. The summed E-state index contributed by atoms with van der Waals surface area (Å²) in [5, 5.41) is 3.03. The molecule has 5 heteroatoms. The van der Waals surface area contributed by atoms with E-state index < -0.39 is 0 Å². The van der Waals surface area contributed by atoms with E-state index in [1.807, 2.05) is 30.3 Å². The quantitative estimate of drug-likeness (QED) is 0.877. The van der Waals surface area contributed by atoms with Gasteiger partial charge in [0.2, 0.25) is 11.7 Å². The number of methoxy groups -OCH3 is 3. The molecule has 1 aliphatic carbocycles. The van der Waals surface area contributed by atoms with Gasteiger partial charge in [0.25, 0.3) is 0 Å². The molecule has 2 aromatic carbocycles. The molecule has 0 bridgehead atoms. The molecule has 0 unspecified atom stereocenters. The van der Waals surface area contributed by atoms with E-state index in [-0.39, 0.29) is 11.8 Å². The Morgan fingerprint density at radius 1 is 1.08 bits per heavy atom. The average molecular weight is 341 g/mol. The summed E-state index contributed by atoms with van der Waals surface area (Å²) >= 11 is 0. The fourth-order valence-corrected chi connectivity index (χ4v) is 3.38. The summed E-state index contributed by atoms with van der Waals surface area (Å²) in [6, 6.07) is 11.9. The number of hydrogen-bond donors (Lipinski definition) is 1. The minimum atomic E-state index is -0.0711. The topological polar surface area (TPSA) is 56.8 Å². The molecule has 1 N–H and O–H groups in total. The van der Waals surface area contributed by atoms with Gasteiger partial charge < -0.3 is 19.5 Å². The molecule has 25 heavy (non-hydrogen) atoms. The van der Waals surface area contributed by atoms with Crippen LogP contribution in [0.15, 0.2) is 36.4 Å². The van der Waals surface area contributed by atoms with Gasteiger partial charge in [0.05, 0.1) is 27.2 Å². The smallest absolute Gasteiger partial charge is 0.227 e. The molecule has 0 spiro atoms. The molecular weight excluding hydrogens is 318 g/mol. The number of hydrogen-bond acceptors (Lipinski definition) is 4. The van der Waals surface area contributed by atoms with Crippen LogP contribution in [0.5, 0.6) is 17.2 Å². The maximum absolute atomic E-state index is 12.6. The molecule has 0 radical (unpaired) electrons. The van der Waals surface area contributed by atoms with Crippen molar-refractivity contribution in [1.29, 1.82) is 0 Å². The van der Waals surface area contributed by atoms with Gasteiger partial charge >= 0.3 is 0 Å². The first kappa shape index (κ1) is 17.1. The normalized spacial score (nSPS) is 15.4. The minimum absolute atomic E-state index is 0.0544. The number of carbonyl (C=O) groups is 1. The first-order valence-electron chi connectivity index (χ1n) is 8.32. The predicted octanol–water partition coefficient (Wildman–Crippen LogP) is 3.06. The van der Waals surface area contributed by atoms with E-state index in [2.05, 4.69) is 11.4 Å². The minimum Gasteiger partial charge on any atom is -0.493 e. The highest BCUT2D eigenvalue weighted by Gasteiger charge is 2.28. The predicted molar refractivity (Wildman–Crippen MR) is 95.4 cm³/mol. The third kappa shape index (κ3) is 3.40. The van der Waals surface area contributed by atoms with E-state index in [4.69, 9.17) is 14.2 Å². The second-order valence-electron chi connectivity index (χ2n) is 6.04. The van der Waals surface area contributed by atoms with Crippen molar-refractivity contribution in [2.24, 2.45) is 0 Å². The number of rotatable bonds is 6. The maximum atomic E-state index is 12.6. The Morgan fingerprint density at radius 2 is 1.76 bits per heavy atom. The molecule has 0 aliphatic heterocycles. The van der Waals surface area contributed by atoms with Crippen LogP contribution in [-0.4, -0.2) is 27.2 Å². The SMILES string of the molecule is COc1cc(CNC(=O)[C@@H]2CCc3ccccc32)cc(OC)c1OC. The van der Waals surface area contributed by atoms with Crippen LogP contribution >= 0.6 is 0 Å². The van der Waals surface area contributed by atoms with Crippen molar-refractivity contribution >= 4 is 5.91 Å². The Balaban J connectivity index is 1.73. The molecule has 1 aliphatic rings. The molecular formula is C20H23NO4. The number of ether oxygens (including phenoxy) is 3. The Morgan fingerprint density at radius 3 is 2.40 bits per heavy atom. The molecule has 0 fully saturated rings. The highest BCUT2D eigenvalue weighted by Crippen LogP contribution is 2.38. The third-order valence-corrected chi connectivity index (χ3v) is 4.64. The van der Waals surface area contributed by atoms with Crippen LogP contribution in [0.3, 0.4) is 0 Å². The number of benzene rings is 2. The lowest BCUT2D eigenvalue weighted by molar-refractivity contribution is -0.122. The monoisotopic (exact) mass is 341 g/mol. The number of fused-ring (bicyclic) bond motifs is 1. The van der Waals surface area contributed by atoms with Gasteiger partial charge in [-0.05, 0) is 41.7 Å². The van der Waals surface area contributed by atoms with Gasteiger partial charge in [-0.15, -0.1) is 0 Å². The van der Waals surface area contributed by atoms with Crippen LogP contribution in [0.25, 0.3) is 0 Å². The molecule has 1 atom stereocenters. The lowest BCUT2D eigenvalue weighted by Gasteiger charge is -2.16. The van der Waals surface area contributed by atoms with Crippen LogP contribution in [0.4, 0.5) is 0 Å². The van der Waals surface area contributed by atoms with E-state index >= 15 is 0 Å². The second kappa shape index (κ2) is 7.47. The second-order valence-corrected chi connectivity index (χ2v) is 6.04. The van der Waals surface area contributed by atoms with Gasteiger partial charge in [-0.3, -0.25) is 4.79 Å². The van der Waals surface area contributed by atoms with Crippen molar-refractivity contribution in [1.82, 2.24) is 5.32 Å². The van der Waals surface area contributed by atoms with Crippen molar-refractivity contribution in [3.05, 3.63) is 53.1 Å². The standard InChI is InChI=1S/C20H23NO4/c1-23-17-10-13(11-18(24-2)19(17)25-3)12-21-20(22)16-9-8-14-6-4-5-7-15(14)16/h4-7,10-11,16H,8-9,12H2,1-3H3,(H,21,22)/t16-/m1/s1. The first-order chi connectivity index (χ1) is 12.2. The van der Waals surface area contributed by atoms with Crippen molar-refractivity contribution in [2.75, 3.05) is 21.3 Å². The largest absolute Gasteiger partial charge is 0.493 e. The highest BCUT2D eigenvalue weighted by molar-refractivity contribution is 5.85. The number of nitrogens with one attached hydrogen (secondary N) is 1. The molecule has 1 amide bonds. The number of amides is 1. The lowest BCUT2D eigenvalue weighted by Crippen LogP contribution is -2.27. The summed E-state index contributed by atoms with van der Waals surface area (Å²) in [6.45, 7) is 0.411. The molecule has 5 nitrogen and oxygen atoms in total. The molecule has 0 saturated carbocycles. The van der Waals surface area contributed by atoms with E-state index in [1.54, 1.807) is 21.3 Å². The van der Waals surface area contributed by atoms with Crippen LogP contribution in [0.2, 0.25) is 0 Å². The van der Waals surface area contributed by atoms with Crippen LogP contribution < -0.4 is 19.5 Å². The van der Waals surface area contributed by atoms with Crippen molar-refractivity contribution < 1.29 is 19.0 Å². The molecule has 0 heterocycles. The Hall–Kier alpha value is -2.69. The maximum Gasteiger partial charge on any atom is 0.227 e. The summed E-state index contributed by atoms with van der Waals surface area (Å²) in [5.74, 6) is 1.69. The van der Waals surface area contributed by atoms with Gasteiger partial charge in [-0.1, -0.05) is 24.3 Å². The highest BCUT2D eigenvalue weighted by atomic mass is 16.5. The zero-order chi connectivity index (χ0) is 17.8. The van der Waals surface area contributed by atoms with Gasteiger partial charge in [-0.25, -0.2) is 0 Å². The summed E-state index contributed by atoms with van der Waals surface area (Å²) in [6.07, 6.45) is 1.82. The number of aryl methyl sites for hydroxylation is 1. The van der Waals surface area contributed by atoms with Crippen molar-refractivity contribution in [3.8, 4) is 17.2 Å². The zero-order valence-corrected chi connectivity index (χ0v) is 14.8. The van der Waals surface area contributed by atoms with Gasteiger partial charge in [0.15, 0.2) is 11.5 Å². The molecule has 0 saturated heterocycles. The number of carbonyl (C=O) groups excluding carboxylic acids is 1. The fourth-order valence-electron chi connectivity index (χ4n) is 3.38. The summed E-state index contributed by atoms with van der Waals surface area (Å²) in [5.41, 5.74) is 3.31. The molecule has 2 aromatic rings. The summed E-state index contributed by atoms with van der Waals surface area (Å²) < 4.78 is 16.0. The lowest BCUT2D eigenvalue weighted by atomic mass is 10.0. The molecule has 3 rings (SSSR count). The van der Waals surface area contributed by atoms with Crippen LogP contribution in [0.1, 0.15) is 29.0 Å². The van der Waals surface area contributed by atoms with E-state index in [1.165, 1.54) is 5.56 Å². The van der Waals surface area contributed by atoms with Gasteiger partial charge in [-0.2, -0.15) is 0 Å². The fraction of sp³-hybridized carbons (Fsp3) is 0.350. The third-order valence-electron chi connectivity index (χ3n) is 4.64. The first-order valence-corrected chi connectivity index (χ1v) is 8.32. The zero-order valence-electron chi connectivity index (χ0n) is 14.8. The van der Waals surface area contributed by atoms with E-state index in [0.29, 0.717) is 23.8 Å².